The van der Waals surface area contributed by atoms with Crippen LogP contribution in [0.2, 0.25) is 0 Å². The molecule has 4 rings (SSSR count). The fraction of sp³-hybridized carbons (Fsp3) is 0.222. The highest BCUT2D eigenvalue weighted by Gasteiger charge is 2.25. The summed E-state index contributed by atoms with van der Waals surface area (Å²) in [6.07, 6.45) is 1.86. The second-order valence-electron chi connectivity index (χ2n) is 8.14. The van der Waals surface area contributed by atoms with E-state index < -0.39 is 15.8 Å². The van der Waals surface area contributed by atoms with Crippen molar-refractivity contribution in [2.45, 2.75) is 0 Å². The van der Waals surface area contributed by atoms with Crippen molar-refractivity contribution < 1.29 is 22.0 Å². The first-order valence-corrected chi connectivity index (χ1v) is 13.2. The molecule has 0 saturated heterocycles. The highest BCUT2D eigenvalue weighted by molar-refractivity contribution is 7.92. The molecule has 190 valence electrons. The van der Waals surface area contributed by atoms with Crippen molar-refractivity contribution in [3.8, 4) is 22.5 Å². The maximum atomic E-state index is 13.4. The van der Waals surface area contributed by atoms with E-state index in [9.17, 15) is 17.6 Å². The number of hydrogen-bond donors (Lipinski definition) is 2. The van der Waals surface area contributed by atoms with Crippen LogP contribution in [0.4, 0.5) is 10.1 Å². The molecule has 1 aromatic heterocycles. The second kappa shape index (κ2) is 11.9. The average Bonchev–Trinajstić information content (AvgIpc) is 3.22. The van der Waals surface area contributed by atoms with Gasteiger partial charge in [0.1, 0.15) is 17.2 Å². The van der Waals surface area contributed by atoms with Gasteiger partial charge in [-0.3, -0.25) is 9.10 Å². The van der Waals surface area contributed by atoms with Gasteiger partial charge in [0, 0.05) is 35.7 Å². The van der Waals surface area contributed by atoms with Crippen molar-refractivity contribution in [3.63, 3.8) is 0 Å². The van der Waals surface area contributed by atoms with Crippen LogP contribution in [-0.4, -0.2) is 55.2 Å². The number of anilines is 1. The summed E-state index contributed by atoms with van der Waals surface area (Å²) in [5.41, 5.74) is 3.13. The van der Waals surface area contributed by atoms with Crippen LogP contribution in [0.3, 0.4) is 0 Å². The molecule has 2 N–H and O–H groups in total. The van der Waals surface area contributed by atoms with Gasteiger partial charge < -0.3 is 15.1 Å². The van der Waals surface area contributed by atoms with Crippen LogP contribution in [0.15, 0.2) is 71.1 Å². The third-order valence-electron chi connectivity index (χ3n) is 5.39. The van der Waals surface area contributed by atoms with Gasteiger partial charge in [0.2, 0.25) is 10.0 Å². The molecule has 0 amide bonds. The molecule has 9 heteroatoms. The molecule has 0 aliphatic carbocycles. The van der Waals surface area contributed by atoms with Crippen molar-refractivity contribution in [1.82, 2.24) is 10.6 Å². The van der Waals surface area contributed by atoms with Gasteiger partial charge in [0.15, 0.2) is 6.29 Å². The molecule has 0 aliphatic heterocycles. The number of carbonyl (C=O) groups is 1. The maximum absolute atomic E-state index is 13.4. The Morgan fingerprint density at radius 3 is 2.17 bits per heavy atom. The lowest BCUT2D eigenvalue weighted by molar-refractivity contribution is 0.112. The quantitative estimate of drug-likeness (QED) is 0.338. The first kappa shape index (κ1) is 27.1. The lowest BCUT2D eigenvalue weighted by atomic mass is 9.99. The van der Waals surface area contributed by atoms with Gasteiger partial charge in [-0.1, -0.05) is 30.3 Å². The normalized spacial score (nSPS) is 11.1. The lowest BCUT2D eigenvalue weighted by Crippen LogP contribution is -2.35. The number of likely N-dealkylation sites (N-methyl/N-ethyl adjacent to an activating group) is 1. The number of aldehydes is 1. The summed E-state index contributed by atoms with van der Waals surface area (Å²) in [5.74, 6) is -0.0956. The molecule has 0 bridgehead atoms. The van der Waals surface area contributed by atoms with E-state index in [-0.39, 0.29) is 6.54 Å². The summed E-state index contributed by atoms with van der Waals surface area (Å²) >= 11 is 0. The zero-order valence-electron chi connectivity index (χ0n) is 20.7. The Morgan fingerprint density at radius 1 is 0.972 bits per heavy atom. The van der Waals surface area contributed by atoms with E-state index in [1.54, 1.807) is 19.2 Å². The van der Waals surface area contributed by atoms with E-state index in [1.165, 1.54) is 28.6 Å². The van der Waals surface area contributed by atoms with E-state index >= 15 is 0 Å². The van der Waals surface area contributed by atoms with Crippen molar-refractivity contribution in [2.75, 3.05) is 44.8 Å². The molecule has 0 spiro atoms. The summed E-state index contributed by atoms with van der Waals surface area (Å²) in [5, 5.41) is 6.28. The van der Waals surface area contributed by atoms with Gasteiger partial charge in [-0.05, 0) is 57.0 Å². The van der Waals surface area contributed by atoms with E-state index in [1.807, 2.05) is 44.4 Å². The van der Waals surface area contributed by atoms with E-state index in [0.29, 0.717) is 51.9 Å². The Labute approximate surface area is 211 Å². The number of furan rings is 1. The van der Waals surface area contributed by atoms with Crippen LogP contribution < -0.4 is 14.9 Å². The van der Waals surface area contributed by atoms with Crippen molar-refractivity contribution >= 4 is 33.0 Å². The van der Waals surface area contributed by atoms with Crippen LogP contribution in [-0.2, 0) is 10.0 Å². The van der Waals surface area contributed by atoms with Gasteiger partial charge in [-0.2, -0.15) is 0 Å². The lowest BCUT2D eigenvalue weighted by Gasteiger charge is -2.25. The molecule has 1 heterocycles. The molecule has 4 aromatic rings. The van der Waals surface area contributed by atoms with Gasteiger partial charge in [0.05, 0.1) is 17.5 Å². The molecule has 0 aliphatic rings. The van der Waals surface area contributed by atoms with Crippen LogP contribution >= 0.6 is 0 Å². The Balaban J connectivity index is 0.00000115. The Bertz CT molecular complexity index is 1420. The molecule has 0 radical (unpaired) electrons. The highest BCUT2D eigenvalue weighted by Crippen LogP contribution is 2.40. The zero-order chi connectivity index (χ0) is 26.3. The SMILES string of the molecule is CNC.CNCCN(c1cc2oc(-c3ccc(F)cc3)c(C=O)c2cc1-c1ccccc1)S(C)(=O)=O. The minimum atomic E-state index is -3.61. The average molecular weight is 512 g/mol. The Hall–Kier alpha value is -3.53. The Kier molecular flexibility index (Phi) is 8.98. The fourth-order valence-corrected chi connectivity index (χ4v) is 4.75. The topological polar surface area (TPSA) is 91.7 Å². The minimum absolute atomic E-state index is 0.215. The van der Waals surface area contributed by atoms with Gasteiger partial charge in [-0.15, -0.1) is 0 Å². The predicted molar refractivity (Wildman–Crippen MR) is 144 cm³/mol. The first-order chi connectivity index (χ1) is 17.2. The van der Waals surface area contributed by atoms with E-state index in [4.69, 9.17) is 4.42 Å². The zero-order valence-corrected chi connectivity index (χ0v) is 21.5. The molecule has 36 heavy (non-hydrogen) atoms. The summed E-state index contributed by atoms with van der Waals surface area (Å²) < 4.78 is 46.2. The maximum Gasteiger partial charge on any atom is 0.232 e. The van der Waals surface area contributed by atoms with Gasteiger partial charge in [0.25, 0.3) is 0 Å². The van der Waals surface area contributed by atoms with Crippen LogP contribution in [0.25, 0.3) is 33.4 Å². The number of sulfonamides is 1. The first-order valence-electron chi connectivity index (χ1n) is 11.3. The van der Waals surface area contributed by atoms with Crippen molar-refractivity contribution in [1.29, 1.82) is 0 Å². The molecule has 0 unspecified atom stereocenters. The summed E-state index contributed by atoms with van der Waals surface area (Å²) in [7, 11) is 1.88. The molecule has 0 atom stereocenters. The largest absolute Gasteiger partial charge is 0.455 e. The third-order valence-corrected chi connectivity index (χ3v) is 6.57. The van der Waals surface area contributed by atoms with E-state index in [2.05, 4.69) is 10.6 Å². The molecule has 0 saturated carbocycles. The summed E-state index contributed by atoms with van der Waals surface area (Å²) in [4.78, 5) is 12.1. The molecular weight excluding hydrogens is 481 g/mol. The number of benzene rings is 3. The number of nitrogens with zero attached hydrogens (tertiary/aromatic N) is 1. The number of nitrogens with one attached hydrogen (secondary N) is 2. The van der Waals surface area contributed by atoms with Crippen molar-refractivity contribution in [3.05, 3.63) is 78.1 Å². The number of rotatable bonds is 8. The smallest absolute Gasteiger partial charge is 0.232 e. The van der Waals surface area contributed by atoms with Crippen LogP contribution in [0.1, 0.15) is 10.4 Å². The minimum Gasteiger partial charge on any atom is -0.455 e. The second-order valence-corrected chi connectivity index (χ2v) is 10.0. The molecule has 7 nitrogen and oxygen atoms in total. The fourth-order valence-electron chi connectivity index (χ4n) is 3.82. The summed E-state index contributed by atoms with van der Waals surface area (Å²) in [6.45, 7) is 0.657. The van der Waals surface area contributed by atoms with Gasteiger partial charge >= 0.3 is 0 Å². The highest BCUT2D eigenvalue weighted by atomic mass is 32.2. The van der Waals surface area contributed by atoms with Gasteiger partial charge in [-0.25, -0.2) is 12.8 Å². The third kappa shape index (κ3) is 5.99. The van der Waals surface area contributed by atoms with Crippen LogP contribution in [0.5, 0.6) is 0 Å². The predicted octanol–water partition coefficient (Wildman–Crippen LogP) is 4.54. The summed E-state index contributed by atoms with van der Waals surface area (Å²) in [6, 6.07) is 18.4. The standard InChI is InChI=1S/C25H23FN2O4S.C2H7N/c1-27-12-13-28(33(2,30)31)23-15-24-21(14-20(23)17-6-4-3-5-7-17)22(16-29)25(32-24)18-8-10-19(26)11-9-18;1-3-2/h3-11,14-16,27H,12-13H2,1-2H3;3H,1-2H3. The number of halogens is 1. The van der Waals surface area contributed by atoms with E-state index in [0.717, 1.165) is 11.8 Å². The number of carbonyl (C=O) groups excluding carboxylic acids is 1. The molecular formula is C27H30FN3O4S. The monoisotopic (exact) mass is 511 g/mol. The Morgan fingerprint density at radius 2 is 1.61 bits per heavy atom. The van der Waals surface area contributed by atoms with Crippen LogP contribution in [0, 0.1) is 5.82 Å². The number of fused-ring (bicyclic) bond motifs is 1. The van der Waals surface area contributed by atoms with Crippen molar-refractivity contribution in [2.24, 2.45) is 0 Å². The number of hydrogen-bond acceptors (Lipinski definition) is 6. The molecule has 3 aromatic carbocycles. The molecule has 0 fully saturated rings.